The Morgan fingerprint density at radius 2 is 2.00 bits per heavy atom. The molecular weight excluding hydrogens is 346 g/mol. The highest BCUT2D eigenvalue weighted by molar-refractivity contribution is 6.04. The van der Waals surface area contributed by atoms with E-state index in [0.29, 0.717) is 19.4 Å². The molecule has 0 bridgehead atoms. The van der Waals surface area contributed by atoms with Crippen LogP contribution in [-0.2, 0) is 18.3 Å². The summed E-state index contributed by atoms with van der Waals surface area (Å²) in [6.45, 7) is 2.54. The summed E-state index contributed by atoms with van der Waals surface area (Å²) in [4.78, 5) is 28.3. The van der Waals surface area contributed by atoms with E-state index in [0.717, 1.165) is 23.5 Å². The fourth-order valence-electron chi connectivity index (χ4n) is 2.81. The van der Waals surface area contributed by atoms with Gasteiger partial charge in [-0.25, -0.2) is 9.80 Å². The van der Waals surface area contributed by atoms with Gasteiger partial charge in [0.15, 0.2) is 0 Å². The Balaban J connectivity index is 1.52. The van der Waals surface area contributed by atoms with E-state index < -0.39 is 6.03 Å². The van der Waals surface area contributed by atoms with Gasteiger partial charge in [0, 0.05) is 32.9 Å². The Hall–Kier alpha value is -3.23. The molecular formula is C18H23N7O2. The van der Waals surface area contributed by atoms with Crippen molar-refractivity contribution in [1.82, 2.24) is 25.1 Å². The number of rotatable bonds is 6. The molecule has 0 atom stereocenters. The van der Waals surface area contributed by atoms with E-state index in [1.165, 1.54) is 5.01 Å². The molecule has 0 saturated heterocycles. The minimum atomic E-state index is -0.417. The smallest absolute Gasteiger partial charge is 0.321 e. The highest BCUT2D eigenvalue weighted by atomic mass is 16.2. The molecule has 3 amide bonds. The lowest BCUT2D eigenvalue weighted by molar-refractivity contribution is -0.131. The number of carbonyl (C=O) groups excluding carboxylic acids is 2. The van der Waals surface area contributed by atoms with Crippen LogP contribution < -0.4 is 10.6 Å². The average molecular weight is 369 g/mol. The van der Waals surface area contributed by atoms with Gasteiger partial charge in [0.25, 0.3) is 0 Å². The lowest BCUT2D eigenvalue weighted by Crippen LogP contribution is -2.39. The number of hydrogen-bond donors (Lipinski definition) is 2. The van der Waals surface area contributed by atoms with E-state index in [9.17, 15) is 9.59 Å². The summed E-state index contributed by atoms with van der Waals surface area (Å²) in [5.41, 5.74) is 1.89. The Bertz CT molecular complexity index is 845. The van der Waals surface area contributed by atoms with Crippen molar-refractivity contribution in [1.29, 1.82) is 0 Å². The Kier molecular flexibility index (Phi) is 5.80. The summed E-state index contributed by atoms with van der Waals surface area (Å²) >= 11 is 0. The van der Waals surface area contributed by atoms with Gasteiger partial charge in [-0.1, -0.05) is 37.3 Å². The maximum Gasteiger partial charge on any atom is 0.321 e. The van der Waals surface area contributed by atoms with E-state index in [1.807, 2.05) is 37.3 Å². The molecule has 0 saturated carbocycles. The molecule has 27 heavy (non-hydrogen) atoms. The fourth-order valence-corrected chi connectivity index (χ4v) is 2.81. The number of nitrogens with one attached hydrogen (secondary N) is 2. The second-order valence-electron chi connectivity index (χ2n) is 6.14. The number of aryl methyl sites for hydroxylation is 2. The normalized spacial score (nSPS) is 14.1. The first-order valence-electron chi connectivity index (χ1n) is 8.95. The third-order valence-corrected chi connectivity index (χ3v) is 4.22. The van der Waals surface area contributed by atoms with Crippen molar-refractivity contribution in [3.63, 3.8) is 0 Å². The molecule has 0 spiro atoms. The number of urea groups is 1. The second-order valence-corrected chi connectivity index (χ2v) is 6.14. The van der Waals surface area contributed by atoms with E-state index in [-0.39, 0.29) is 18.4 Å². The highest BCUT2D eigenvalue weighted by Gasteiger charge is 2.21. The zero-order chi connectivity index (χ0) is 19.2. The average Bonchev–Trinajstić information content (AvgIpc) is 3.03. The lowest BCUT2D eigenvalue weighted by atomic mass is 10.0. The molecule has 2 N–H and O–H groups in total. The van der Waals surface area contributed by atoms with Gasteiger partial charge in [-0.2, -0.15) is 10.1 Å². The van der Waals surface area contributed by atoms with E-state index in [1.54, 1.807) is 11.7 Å². The number of hydrogen-bond acceptors (Lipinski definition) is 5. The van der Waals surface area contributed by atoms with Crippen LogP contribution in [0.25, 0.3) is 0 Å². The summed E-state index contributed by atoms with van der Waals surface area (Å²) in [7, 11) is 1.78. The number of aromatic nitrogens is 3. The number of anilines is 1. The van der Waals surface area contributed by atoms with Gasteiger partial charge in [-0.3, -0.25) is 14.8 Å². The molecule has 1 aromatic carbocycles. The molecule has 142 valence electrons. The lowest BCUT2D eigenvalue weighted by Gasteiger charge is -2.23. The summed E-state index contributed by atoms with van der Waals surface area (Å²) in [6.07, 6.45) is 1.77. The Morgan fingerprint density at radius 1 is 1.22 bits per heavy atom. The molecule has 0 aliphatic carbocycles. The monoisotopic (exact) mass is 369 g/mol. The van der Waals surface area contributed by atoms with E-state index in [2.05, 4.69) is 25.8 Å². The molecule has 3 rings (SSSR count). The van der Waals surface area contributed by atoms with Gasteiger partial charge in [-0.15, -0.1) is 5.10 Å². The fraction of sp³-hybridized carbons (Fsp3) is 0.389. The quantitative estimate of drug-likeness (QED) is 0.805. The summed E-state index contributed by atoms with van der Waals surface area (Å²) in [6, 6.07) is 9.37. The molecule has 1 aromatic heterocycles. The number of carbonyl (C=O) groups is 2. The van der Waals surface area contributed by atoms with Crippen molar-refractivity contribution in [2.75, 3.05) is 18.4 Å². The molecule has 1 aliphatic heterocycles. The number of hydrazone groups is 1. The first-order chi connectivity index (χ1) is 13.1. The minimum absolute atomic E-state index is 0.0455. The molecule has 0 unspecified atom stereocenters. The first kappa shape index (κ1) is 18.6. The second kappa shape index (κ2) is 8.43. The standard InChI is InChI=1S/C18H23N7O2/c1-3-15-20-17(23-24(15)2)21-18(27)19-11-12-25-16(26)10-9-14(22-25)13-7-5-4-6-8-13/h4-8H,3,9-12H2,1-2H3,(H2,19,21,23,27). The van der Waals surface area contributed by atoms with Gasteiger partial charge >= 0.3 is 6.03 Å². The predicted molar refractivity (Wildman–Crippen MR) is 101 cm³/mol. The van der Waals surface area contributed by atoms with Gasteiger partial charge in [0.05, 0.1) is 12.3 Å². The summed E-state index contributed by atoms with van der Waals surface area (Å²) in [5.74, 6) is 0.994. The molecule has 9 nitrogen and oxygen atoms in total. The van der Waals surface area contributed by atoms with Crippen LogP contribution in [0.2, 0.25) is 0 Å². The number of amides is 3. The van der Waals surface area contributed by atoms with Crippen molar-refractivity contribution in [3.8, 4) is 0 Å². The van der Waals surface area contributed by atoms with Crippen LogP contribution in [0, 0.1) is 0 Å². The predicted octanol–water partition coefficient (Wildman–Crippen LogP) is 1.53. The van der Waals surface area contributed by atoms with E-state index >= 15 is 0 Å². The van der Waals surface area contributed by atoms with Crippen LogP contribution in [0.5, 0.6) is 0 Å². The van der Waals surface area contributed by atoms with Crippen molar-refractivity contribution >= 4 is 23.6 Å². The van der Waals surface area contributed by atoms with Crippen molar-refractivity contribution in [2.45, 2.75) is 26.2 Å². The third-order valence-electron chi connectivity index (χ3n) is 4.22. The third kappa shape index (κ3) is 4.69. The van der Waals surface area contributed by atoms with Crippen molar-refractivity contribution in [2.24, 2.45) is 12.1 Å². The van der Waals surface area contributed by atoms with Crippen LogP contribution in [0.4, 0.5) is 10.7 Å². The van der Waals surface area contributed by atoms with Crippen LogP contribution in [0.3, 0.4) is 0 Å². The van der Waals surface area contributed by atoms with Gasteiger partial charge in [0.2, 0.25) is 11.9 Å². The zero-order valence-corrected chi connectivity index (χ0v) is 15.5. The first-order valence-corrected chi connectivity index (χ1v) is 8.95. The summed E-state index contributed by atoms with van der Waals surface area (Å²) in [5, 5.41) is 15.3. The van der Waals surface area contributed by atoms with Crippen LogP contribution in [-0.4, -0.2) is 50.5 Å². The van der Waals surface area contributed by atoms with Crippen molar-refractivity contribution in [3.05, 3.63) is 41.7 Å². The minimum Gasteiger partial charge on any atom is -0.336 e. The van der Waals surface area contributed by atoms with E-state index in [4.69, 9.17) is 0 Å². The van der Waals surface area contributed by atoms with Crippen LogP contribution in [0.1, 0.15) is 31.2 Å². The zero-order valence-electron chi connectivity index (χ0n) is 15.5. The molecule has 2 heterocycles. The van der Waals surface area contributed by atoms with Crippen LogP contribution in [0.15, 0.2) is 35.4 Å². The topological polar surface area (TPSA) is 105 Å². The SMILES string of the molecule is CCc1nc(NC(=O)NCCN2N=C(c3ccccc3)CCC2=O)nn1C. The molecule has 9 heteroatoms. The highest BCUT2D eigenvalue weighted by Crippen LogP contribution is 2.14. The molecule has 0 fully saturated rings. The molecule has 2 aromatic rings. The maximum atomic E-state index is 12.1. The largest absolute Gasteiger partial charge is 0.336 e. The van der Waals surface area contributed by atoms with Gasteiger partial charge in [-0.05, 0) is 5.56 Å². The Labute approximate surface area is 157 Å². The van der Waals surface area contributed by atoms with Crippen molar-refractivity contribution < 1.29 is 9.59 Å². The van der Waals surface area contributed by atoms with Crippen LogP contribution >= 0.6 is 0 Å². The maximum absolute atomic E-state index is 12.1. The summed E-state index contributed by atoms with van der Waals surface area (Å²) < 4.78 is 1.63. The number of benzene rings is 1. The Morgan fingerprint density at radius 3 is 2.70 bits per heavy atom. The molecule has 0 radical (unpaired) electrons. The van der Waals surface area contributed by atoms with Gasteiger partial charge in [0.1, 0.15) is 5.82 Å². The van der Waals surface area contributed by atoms with Gasteiger partial charge < -0.3 is 5.32 Å². The molecule has 1 aliphatic rings. The number of nitrogens with zero attached hydrogens (tertiary/aromatic N) is 5.